The topological polar surface area (TPSA) is 236 Å². The van der Waals surface area contributed by atoms with Crippen LogP contribution in [0.3, 0.4) is 0 Å². The summed E-state index contributed by atoms with van der Waals surface area (Å²) in [6.45, 7) is 2.36. The van der Waals surface area contributed by atoms with E-state index in [1.807, 2.05) is 18.4 Å². The standard InChI is InChI=1S/C31H36N2O14/c1-14(27(39)32-18(28(40)41)11-22(36)37)44-29(42)20(45-15(2)35)12-23(38)46-19-6-7-31(43)21-10-16-4-5-17(13-34)25-24(16)30(31,26(19)47-25)8-9-33(21)3/h4-6,14,18,20-21,26,34,43H,7-13H2,1-3H3,(H,32,39)(H,36,37)(H,40,41)/t14-,18+,20-,21+,26-,30-,31+/m0/s1. The van der Waals surface area contributed by atoms with Gasteiger partial charge in [-0.25, -0.2) is 9.59 Å². The van der Waals surface area contributed by atoms with Crippen LogP contribution in [0.25, 0.3) is 0 Å². The summed E-state index contributed by atoms with van der Waals surface area (Å²) in [6.07, 6.45) is -3.54. The van der Waals surface area contributed by atoms with Gasteiger partial charge in [-0.3, -0.25) is 19.2 Å². The van der Waals surface area contributed by atoms with Crippen LogP contribution >= 0.6 is 0 Å². The Morgan fingerprint density at radius 1 is 1.13 bits per heavy atom. The number of nitrogens with zero attached hydrogens (tertiary/aromatic N) is 1. The second kappa shape index (κ2) is 12.6. The Morgan fingerprint density at radius 2 is 1.85 bits per heavy atom. The third kappa shape index (κ3) is 5.80. The van der Waals surface area contributed by atoms with Gasteiger partial charge in [0.2, 0.25) is 6.10 Å². The number of nitrogens with one attached hydrogen (secondary N) is 1. The summed E-state index contributed by atoms with van der Waals surface area (Å²) in [7, 11) is 1.94. The van der Waals surface area contributed by atoms with E-state index in [0.29, 0.717) is 30.7 Å². The third-order valence-corrected chi connectivity index (χ3v) is 9.44. The molecule has 254 valence electrons. The smallest absolute Gasteiger partial charge is 0.348 e. The van der Waals surface area contributed by atoms with Gasteiger partial charge in [0.15, 0.2) is 12.2 Å². The molecule has 1 spiro atoms. The lowest BCUT2D eigenvalue weighted by molar-refractivity contribution is -0.177. The molecule has 2 aliphatic heterocycles. The first kappa shape index (κ1) is 33.8. The molecule has 1 aromatic carbocycles. The molecule has 7 atom stereocenters. The quantitative estimate of drug-likeness (QED) is 0.138. The molecule has 1 aromatic rings. The minimum atomic E-state index is -1.86. The molecule has 2 heterocycles. The number of aliphatic hydroxyl groups excluding tert-OH is 1. The van der Waals surface area contributed by atoms with Crippen LogP contribution < -0.4 is 10.1 Å². The average Bonchev–Trinajstić information content (AvgIpc) is 3.35. The Balaban J connectivity index is 1.33. The first-order chi connectivity index (χ1) is 22.1. The molecule has 2 aliphatic carbocycles. The Bertz CT molecular complexity index is 1560. The number of carboxylic acids is 2. The number of carboxylic acid groups (broad SMARTS) is 2. The largest absolute Gasteiger partial charge is 0.481 e. The second-order valence-electron chi connectivity index (χ2n) is 12.3. The van der Waals surface area contributed by atoms with Crippen LogP contribution in [0, 0.1) is 0 Å². The number of likely N-dealkylation sites (tertiary alicyclic amines) is 1. The second-order valence-corrected chi connectivity index (χ2v) is 12.3. The molecule has 0 saturated carbocycles. The lowest BCUT2D eigenvalue weighted by atomic mass is 9.50. The van der Waals surface area contributed by atoms with Gasteiger partial charge in [-0.05, 0) is 45.0 Å². The zero-order chi connectivity index (χ0) is 34.4. The van der Waals surface area contributed by atoms with Gasteiger partial charge >= 0.3 is 29.8 Å². The van der Waals surface area contributed by atoms with Crippen molar-refractivity contribution in [3.63, 3.8) is 0 Å². The summed E-state index contributed by atoms with van der Waals surface area (Å²) in [5.74, 6) is -7.04. The fourth-order valence-corrected chi connectivity index (χ4v) is 7.30. The molecule has 16 heteroatoms. The molecule has 1 amide bonds. The zero-order valence-electron chi connectivity index (χ0n) is 25.9. The monoisotopic (exact) mass is 660 g/mol. The molecule has 47 heavy (non-hydrogen) atoms. The zero-order valence-corrected chi connectivity index (χ0v) is 25.9. The van der Waals surface area contributed by atoms with E-state index in [1.54, 1.807) is 12.1 Å². The van der Waals surface area contributed by atoms with Gasteiger partial charge in [-0.15, -0.1) is 0 Å². The van der Waals surface area contributed by atoms with Gasteiger partial charge in [-0.2, -0.15) is 0 Å². The Labute approximate surface area is 268 Å². The number of ether oxygens (including phenoxy) is 4. The molecule has 0 aromatic heterocycles. The molecule has 5 N–H and O–H groups in total. The maximum Gasteiger partial charge on any atom is 0.348 e. The Morgan fingerprint density at radius 3 is 2.49 bits per heavy atom. The van der Waals surface area contributed by atoms with Gasteiger partial charge in [-0.1, -0.05) is 12.1 Å². The van der Waals surface area contributed by atoms with Crippen molar-refractivity contribution in [1.29, 1.82) is 0 Å². The minimum Gasteiger partial charge on any atom is -0.481 e. The van der Waals surface area contributed by atoms with E-state index in [2.05, 4.69) is 4.90 Å². The summed E-state index contributed by atoms with van der Waals surface area (Å²) < 4.78 is 22.1. The molecule has 0 radical (unpaired) electrons. The lowest BCUT2D eigenvalue weighted by Crippen LogP contribution is -2.74. The van der Waals surface area contributed by atoms with E-state index >= 15 is 0 Å². The van der Waals surface area contributed by atoms with Gasteiger partial charge in [0.05, 0.1) is 30.5 Å². The van der Waals surface area contributed by atoms with Crippen LogP contribution in [-0.2, 0) is 61.4 Å². The van der Waals surface area contributed by atoms with Crippen LogP contribution in [0.5, 0.6) is 5.75 Å². The summed E-state index contributed by atoms with van der Waals surface area (Å²) >= 11 is 0. The summed E-state index contributed by atoms with van der Waals surface area (Å²) in [4.78, 5) is 74.7. The molecule has 1 fully saturated rings. The van der Waals surface area contributed by atoms with Crippen molar-refractivity contribution in [3.05, 3.63) is 40.7 Å². The maximum atomic E-state index is 13.3. The molecular weight excluding hydrogens is 624 g/mol. The number of piperidine rings is 1. The first-order valence-electron chi connectivity index (χ1n) is 15.0. The van der Waals surface area contributed by atoms with Crippen LogP contribution in [0.4, 0.5) is 0 Å². The van der Waals surface area contributed by atoms with Crippen molar-refractivity contribution >= 4 is 35.8 Å². The highest BCUT2D eigenvalue weighted by Gasteiger charge is 2.71. The number of carbonyl (C=O) groups is 6. The van der Waals surface area contributed by atoms with E-state index in [0.717, 1.165) is 25.0 Å². The Hall–Kier alpha value is -4.54. The number of rotatable bonds is 12. The molecular formula is C31H36N2O14. The number of hydrogen-bond acceptors (Lipinski definition) is 13. The van der Waals surface area contributed by atoms with Crippen molar-refractivity contribution in [1.82, 2.24) is 10.2 Å². The normalized spacial score (nSPS) is 27.1. The number of carbonyl (C=O) groups excluding carboxylic acids is 4. The van der Waals surface area contributed by atoms with Gasteiger partial charge in [0.25, 0.3) is 5.91 Å². The number of amides is 1. The fourth-order valence-electron chi connectivity index (χ4n) is 7.30. The van der Waals surface area contributed by atoms with Gasteiger partial charge < -0.3 is 49.6 Å². The van der Waals surface area contributed by atoms with Crippen LogP contribution in [0.2, 0.25) is 0 Å². The average molecular weight is 661 g/mol. The van der Waals surface area contributed by atoms with Gasteiger partial charge in [0.1, 0.15) is 17.6 Å². The summed E-state index contributed by atoms with van der Waals surface area (Å²) in [5, 5.41) is 42.3. The number of benzene rings is 1. The third-order valence-electron chi connectivity index (χ3n) is 9.44. The van der Waals surface area contributed by atoms with E-state index in [9.17, 15) is 39.0 Å². The van der Waals surface area contributed by atoms with Crippen molar-refractivity contribution in [2.45, 2.75) is 94.0 Å². The van der Waals surface area contributed by atoms with E-state index < -0.39 is 84.0 Å². The highest BCUT2D eigenvalue weighted by molar-refractivity contribution is 5.91. The van der Waals surface area contributed by atoms with Crippen LogP contribution in [0.1, 0.15) is 56.2 Å². The predicted octanol–water partition coefficient (Wildman–Crippen LogP) is -0.703. The molecule has 2 bridgehead atoms. The molecule has 0 unspecified atom stereocenters. The number of aliphatic carboxylic acids is 2. The van der Waals surface area contributed by atoms with Crippen LogP contribution in [-0.4, -0.2) is 111 Å². The first-order valence-corrected chi connectivity index (χ1v) is 15.0. The lowest BCUT2D eigenvalue weighted by Gasteiger charge is -2.61. The molecule has 16 nitrogen and oxygen atoms in total. The van der Waals surface area contributed by atoms with Crippen molar-refractivity contribution in [3.8, 4) is 5.75 Å². The molecule has 4 aliphatic rings. The van der Waals surface area contributed by atoms with E-state index in [4.69, 9.17) is 29.2 Å². The summed E-state index contributed by atoms with van der Waals surface area (Å²) in [6, 6.07) is 1.62. The minimum absolute atomic E-state index is 0.0803. The molecule has 5 rings (SSSR count). The van der Waals surface area contributed by atoms with Gasteiger partial charge in [0, 0.05) is 30.5 Å². The van der Waals surface area contributed by atoms with Crippen molar-refractivity contribution in [2.75, 3.05) is 13.6 Å². The highest BCUT2D eigenvalue weighted by Crippen LogP contribution is 2.64. The van der Waals surface area contributed by atoms with Crippen LogP contribution in [0.15, 0.2) is 24.0 Å². The van der Waals surface area contributed by atoms with Crippen molar-refractivity contribution < 1.29 is 68.1 Å². The number of esters is 3. The van der Waals surface area contributed by atoms with E-state index in [-0.39, 0.29) is 24.8 Å². The fraction of sp³-hybridized carbons (Fsp3) is 0.548. The van der Waals surface area contributed by atoms with Crippen molar-refractivity contribution in [2.24, 2.45) is 0 Å². The Kier molecular flexibility index (Phi) is 9.05. The van der Waals surface area contributed by atoms with E-state index in [1.165, 1.54) is 0 Å². The molecule has 1 saturated heterocycles. The number of hydrogen-bond donors (Lipinski definition) is 5. The summed E-state index contributed by atoms with van der Waals surface area (Å²) in [5.41, 5.74) is -0.00986. The SMILES string of the molecule is CC(=O)O[C@@H](CC(=O)OC1=CC[C@@]2(O)[C@H]3Cc4ccc(CO)c5c4[C@@]2(CCN3C)[C@H]1O5)C(=O)O[C@@H](C)C(=O)N[C@H](CC(=O)O)C(=O)O. The highest BCUT2D eigenvalue weighted by atomic mass is 16.6. The maximum absolute atomic E-state index is 13.3. The number of aliphatic hydroxyl groups is 2. The predicted molar refractivity (Wildman–Crippen MR) is 154 cm³/mol. The number of likely N-dealkylation sites (N-methyl/N-ethyl adjacent to an activating group) is 1.